The van der Waals surface area contributed by atoms with Crippen molar-refractivity contribution in [2.45, 2.75) is 27.2 Å². The van der Waals surface area contributed by atoms with Gasteiger partial charge in [-0.25, -0.2) is 0 Å². The first-order chi connectivity index (χ1) is 4.66. The van der Waals surface area contributed by atoms with Crippen molar-refractivity contribution in [2.75, 3.05) is 6.54 Å². The van der Waals surface area contributed by atoms with Crippen LogP contribution in [0.25, 0.3) is 0 Å². The number of hydrogen-bond acceptors (Lipinski definition) is 2. The zero-order chi connectivity index (χ0) is 7.98. The molecule has 0 radical (unpaired) electrons. The van der Waals surface area contributed by atoms with Crippen molar-refractivity contribution in [3.05, 3.63) is 11.8 Å². The average Bonchev–Trinajstić information content (AvgIpc) is 1.82. The van der Waals surface area contributed by atoms with Crippen LogP contribution < -0.4 is 5.32 Å². The van der Waals surface area contributed by atoms with Gasteiger partial charge in [-0.15, -0.1) is 0 Å². The fourth-order valence-corrected chi connectivity index (χ4v) is 0.678. The zero-order valence-electron chi connectivity index (χ0n) is 6.90. The van der Waals surface area contributed by atoms with Gasteiger partial charge in [0.2, 0.25) is 0 Å². The third-order valence-corrected chi connectivity index (χ3v) is 1.07. The van der Waals surface area contributed by atoms with Gasteiger partial charge in [0.15, 0.2) is 5.78 Å². The molecule has 0 saturated carbocycles. The van der Waals surface area contributed by atoms with Gasteiger partial charge in [0.05, 0.1) is 0 Å². The Kier molecular flexibility index (Phi) is 4.63. The van der Waals surface area contributed by atoms with E-state index >= 15 is 0 Å². The van der Waals surface area contributed by atoms with E-state index in [1.165, 1.54) is 0 Å². The lowest BCUT2D eigenvalue weighted by Crippen LogP contribution is -2.12. The summed E-state index contributed by atoms with van der Waals surface area (Å²) in [6, 6.07) is 0. The molecule has 0 spiro atoms. The van der Waals surface area contributed by atoms with E-state index in [1.54, 1.807) is 13.0 Å². The Morgan fingerprint density at radius 2 is 2.10 bits per heavy atom. The van der Waals surface area contributed by atoms with Crippen molar-refractivity contribution >= 4 is 5.78 Å². The first kappa shape index (κ1) is 9.21. The molecule has 0 bridgehead atoms. The Bertz CT molecular complexity index is 138. The van der Waals surface area contributed by atoms with Crippen LogP contribution >= 0.6 is 0 Å². The minimum Gasteiger partial charge on any atom is -0.388 e. The van der Waals surface area contributed by atoms with Gasteiger partial charge < -0.3 is 5.32 Å². The number of rotatable bonds is 4. The van der Waals surface area contributed by atoms with E-state index in [0.29, 0.717) is 0 Å². The van der Waals surface area contributed by atoms with Crippen molar-refractivity contribution in [3.8, 4) is 0 Å². The molecule has 2 heteroatoms. The van der Waals surface area contributed by atoms with Gasteiger partial charge in [-0.3, -0.25) is 4.79 Å². The molecule has 0 aliphatic carbocycles. The Morgan fingerprint density at radius 1 is 1.50 bits per heavy atom. The maximum absolute atomic E-state index is 10.5. The third kappa shape index (κ3) is 5.35. The number of carbonyl (C=O) groups is 1. The molecule has 0 amide bonds. The lowest BCUT2D eigenvalue weighted by molar-refractivity contribution is -0.112. The second-order valence-electron chi connectivity index (χ2n) is 2.36. The topological polar surface area (TPSA) is 29.1 Å². The summed E-state index contributed by atoms with van der Waals surface area (Å²) in [6.45, 7) is 6.48. The van der Waals surface area contributed by atoms with Gasteiger partial charge >= 0.3 is 0 Å². The number of allylic oxidation sites excluding steroid dienone is 2. The van der Waals surface area contributed by atoms with Crippen LogP contribution in [0.5, 0.6) is 0 Å². The van der Waals surface area contributed by atoms with Crippen LogP contribution in [0.1, 0.15) is 27.2 Å². The molecular formula is C8H15NO. The molecule has 0 aromatic heterocycles. The van der Waals surface area contributed by atoms with E-state index in [0.717, 1.165) is 18.7 Å². The molecular weight excluding hydrogens is 126 g/mol. The fraction of sp³-hybridized carbons (Fsp3) is 0.625. The Morgan fingerprint density at radius 3 is 2.50 bits per heavy atom. The summed E-state index contributed by atoms with van der Waals surface area (Å²) >= 11 is 0. The molecule has 0 unspecified atom stereocenters. The number of hydrogen-bond donors (Lipinski definition) is 1. The minimum atomic E-state index is 0.0982. The molecule has 0 heterocycles. The Labute approximate surface area is 62.3 Å². The summed E-state index contributed by atoms with van der Waals surface area (Å²) in [5.41, 5.74) is 0.953. The quantitative estimate of drug-likeness (QED) is 0.601. The van der Waals surface area contributed by atoms with Crippen molar-refractivity contribution in [2.24, 2.45) is 0 Å². The number of ketones is 1. The highest BCUT2D eigenvalue weighted by molar-refractivity contribution is 5.87. The summed E-state index contributed by atoms with van der Waals surface area (Å²) in [5, 5.41) is 3.10. The van der Waals surface area contributed by atoms with Crippen LogP contribution in [0.2, 0.25) is 0 Å². The van der Waals surface area contributed by atoms with E-state index in [1.807, 2.05) is 6.92 Å². The monoisotopic (exact) mass is 141 g/mol. The molecule has 2 nitrogen and oxygen atoms in total. The predicted molar refractivity (Wildman–Crippen MR) is 42.7 cm³/mol. The molecule has 0 aromatic rings. The first-order valence-corrected chi connectivity index (χ1v) is 3.59. The van der Waals surface area contributed by atoms with Crippen molar-refractivity contribution in [1.82, 2.24) is 5.32 Å². The lowest BCUT2D eigenvalue weighted by Gasteiger charge is -2.01. The van der Waals surface area contributed by atoms with Gasteiger partial charge in [0.1, 0.15) is 0 Å². The number of carbonyl (C=O) groups excluding carboxylic acids is 1. The molecule has 0 atom stereocenters. The zero-order valence-corrected chi connectivity index (χ0v) is 6.90. The molecule has 0 aromatic carbocycles. The van der Waals surface area contributed by atoms with Crippen molar-refractivity contribution in [3.63, 3.8) is 0 Å². The Hall–Kier alpha value is -0.790. The minimum absolute atomic E-state index is 0.0982. The maximum Gasteiger partial charge on any atom is 0.154 e. The highest BCUT2D eigenvalue weighted by atomic mass is 16.1. The van der Waals surface area contributed by atoms with E-state index in [2.05, 4.69) is 12.2 Å². The standard InChI is InChI=1S/C8H15NO/c1-4-5-9-7(2)6-8(3)10/h6,9H,4-5H2,1-3H3/b7-6+. The summed E-state index contributed by atoms with van der Waals surface area (Å²) in [6.07, 6.45) is 2.69. The van der Waals surface area contributed by atoms with Crippen LogP contribution in [0, 0.1) is 0 Å². The molecule has 58 valence electrons. The molecule has 0 rings (SSSR count). The van der Waals surface area contributed by atoms with Crippen LogP contribution in [-0.4, -0.2) is 12.3 Å². The van der Waals surface area contributed by atoms with E-state index in [-0.39, 0.29) is 5.78 Å². The summed E-state index contributed by atoms with van der Waals surface area (Å²) in [4.78, 5) is 10.5. The van der Waals surface area contributed by atoms with Crippen molar-refractivity contribution in [1.29, 1.82) is 0 Å². The van der Waals surface area contributed by atoms with Gasteiger partial charge in [-0.05, 0) is 26.3 Å². The first-order valence-electron chi connectivity index (χ1n) is 3.59. The van der Waals surface area contributed by atoms with Crippen LogP contribution in [0.4, 0.5) is 0 Å². The summed E-state index contributed by atoms with van der Waals surface area (Å²) < 4.78 is 0. The molecule has 10 heavy (non-hydrogen) atoms. The van der Waals surface area contributed by atoms with Crippen LogP contribution in [-0.2, 0) is 4.79 Å². The molecule has 0 saturated heterocycles. The maximum atomic E-state index is 10.5. The summed E-state index contributed by atoms with van der Waals surface area (Å²) in [5.74, 6) is 0.0982. The normalized spacial score (nSPS) is 11.3. The van der Waals surface area contributed by atoms with E-state index < -0.39 is 0 Å². The predicted octanol–water partition coefficient (Wildman–Crippen LogP) is 1.48. The summed E-state index contributed by atoms with van der Waals surface area (Å²) in [7, 11) is 0. The SMILES string of the molecule is CCCN/C(C)=C/C(C)=O. The van der Waals surface area contributed by atoms with Crippen LogP contribution in [0.15, 0.2) is 11.8 Å². The molecule has 0 aliphatic rings. The highest BCUT2D eigenvalue weighted by Crippen LogP contribution is 1.86. The molecule has 1 N–H and O–H groups in total. The average molecular weight is 141 g/mol. The van der Waals surface area contributed by atoms with Gasteiger partial charge in [-0.2, -0.15) is 0 Å². The Balaban J connectivity index is 3.60. The molecule has 0 fully saturated rings. The lowest BCUT2D eigenvalue weighted by atomic mass is 10.3. The van der Waals surface area contributed by atoms with E-state index in [9.17, 15) is 4.79 Å². The second-order valence-corrected chi connectivity index (χ2v) is 2.36. The van der Waals surface area contributed by atoms with Crippen LogP contribution in [0.3, 0.4) is 0 Å². The highest BCUT2D eigenvalue weighted by Gasteiger charge is 1.88. The second kappa shape index (κ2) is 5.03. The fourth-order valence-electron chi connectivity index (χ4n) is 0.678. The van der Waals surface area contributed by atoms with Gasteiger partial charge in [0.25, 0.3) is 0 Å². The molecule has 0 aliphatic heterocycles. The van der Waals surface area contributed by atoms with Gasteiger partial charge in [-0.1, -0.05) is 6.92 Å². The smallest absolute Gasteiger partial charge is 0.154 e. The largest absolute Gasteiger partial charge is 0.388 e. The van der Waals surface area contributed by atoms with Gasteiger partial charge in [0, 0.05) is 12.2 Å². The third-order valence-electron chi connectivity index (χ3n) is 1.07. The number of nitrogens with one attached hydrogen (secondary N) is 1. The van der Waals surface area contributed by atoms with Crippen molar-refractivity contribution < 1.29 is 4.79 Å². The van der Waals surface area contributed by atoms with E-state index in [4.69, 9.17) is 0 Å².